The third-order valence-corrected chi connectivity index (χ3v) is 3.23. The lowest BCUT2D eigenvalue weighted by molar-refractivity contribution is -0.127. The number of nitrogens with one attached hydrogen (secondary N) is 1. The summed E-state index contributed by atoms with van der Waals surface area (Å²) in [6.07, 6.45) is 1.94. The summed E-state index contributed by atoms with van der Waals surface area (Å²) in [4.78, 5) is 11.9. The van der Waals surface area contributed by atoms with Crippen molar-refractivity contribution in [2.45, 2.75) is 52.5 Å². The van der Waals surface area contributed by atoms with Gasteiger partial charge in [-0.15, -0.1) is 0 Å². The topological polar surface area (TPSA) is 75.4 Å². The Bertz CT molecular complexity index is 223. The maximum atomic E-state index is 11.9. The molecule has 4 heteroatoms. The van der Waals surface area contributed by atoms with Crippen molar-refractivity contribution < 1.29 is 9.90 Å². The first kappa shape index (κ1) is 15.4. The fraction of sp³-hybridized carbons (Fsp3) is 0.917. The van der Waals surface area contributed by atoms with Gasteiger partial charge >= 0.3 is 0 Å². The largest absolute Gasteiger partial charge is 0.396 e. The molecule has 0 heterocycles. The van der Waals surface area contributed by atoms with Crippen LogP contribution in [0, 0.1) is 5.41 Å². The molecule has 1 amide bonds. The van der Waals surface area contributed by atoms with Crippen LogP contribution in [0.2, 0.25) is 0 Å². The van der Waals surface area contributed by atoms with Gasteiger partial charge in [0, 0.05) is 13.2 Å². The number of carbonyl (C=O) groups is 1. The first-order valence-corrected chi connectivity index (χ1v) is 5.99. The molecular weight excluding hydrogens is 204 g/mol. The monoisotopic (exact) mass is 230 g/mol. The van der Waals surface area contributed by atoms with Crippen LogP contribution < -0.4 is 11.1 Å². The highest BCUT2D eigenvalue weighted by molar-refractivity contribution is 5.85. The molecule has 0 aliphatic carbocycles. The Balaban J connectivity index is 4.26. The lowest BCUT2D eigenvalue weighted by Crippen LogP contribution is -2.54. The standard InChI is InChI=1S/C12H26N2O2/c1-5-12(13,6-2)10(16)14-9-11(3,4)7-8-15/h15H,5-9,13H2,1-4H3,(H,14,16). The Labute approximate surface area is 98.6 Å². The number of amides is 1. The van der Waals surface area contributed by atoms with E-state index in [1.165, 1.54) is 0 Å². The Morgan fingerprint density at radius 3 is 2.19 bits per heavy atom. The number of hydrogen-bond acceptors (Lipinski definition) is 3. The summed E-state index contributed by atoms with van der Waals surface area (Å²) in [7, 11) is 0. The molecule has 96 valence electrons. The van der Waals surface area contributed by atoms with Crippen molar-refractivity contribution in [1.29, 1.82) is 0 Å². The third-order valence-electron chi connectivity index (χ3n) is 3.23. The highest BCUT2D eigenvalue weighted by Gasteiger charge is 2.30. The Kier molecular flexibility index (Phi) is 5.97. The molecule has 0 aromatic carbocycles. The maximum absolute atomic E-state index is 11.9. The average Bonchev–Trinajstić information content (AvgIpc) is 2.24. The maximum Gasteiger partial charge on any atom is 0.240 e. The molecular formula is C12H26N2O2. The molecule has 0 atom stereocenters. The predicted octanol–water partition coefficient (Wildman–Crippen LogP) is 1.03. The fourth-order valence-corrected chi connectivity index (χ4v) is 1.46. The van der Waals surface area contributed by atoms with Gasteiger partial charge in [-0.05, 0) is 24.7 Å². The van der Waals surface area contributed by atoms with Gasteiger partial charge in [0.25, 0.3) is 0 Å². The van der Waals surface area contributed by atoms with E-state index in [1.54, 1.807) is 0 Å². The van der Waals surface area contributed by atoms with Crippen LogP contribution in [0.15, 0.2) is 0 Å². The van der Waals surface area contributed by atoms with Crippen LogP contribution in [0.4, 0.5) is 0 Å². The summed E-state index contributed by atoms with van der Waals surface area (Å²) >= 11 is 0. The van der Waals surface area contributed by atoms with E-state index in [9.17, 15) is 4.79 Å². The van der Waals surface area contributed by atoms with Gasteiger partial charge in [0.05, 0.1) is 5.54 Å². The van der Waals surface area contributed by atoms with Gasteiger partial charge in [0.15, 0.2) is 0 Å². The van der Waals surface area contributed by atoms with Gasteiger partial charge in [-0.3, -0.25) is 4.79 Å². The second-order valence-electron chi connectivity index (χ2n) is 5.18. The molecule has 16 heavy (non-hydrogen) atoms. The van der Waals surface area contributed by atoms with Crippen LogP contribution in [0.3, 0.4) is 0 Å². The molecule has 0 fully saturated rings. The number of rotatable bonds is 7. The summed E-state index contributed by atoms with van der Waals surface area (Å²) in [5.41, 5.74) is 5.14. The van der Waals surface area contributed by atoms with Gasteiger partial charge in [-0.2, -0.15) is 0 Å². The minimum absolute atomic E-state index is 0.0905. The van der Waals surface area contributed by atoms with E-state index in [2.05, 4.69) is 5.32 Å². The zero-order valence-corrected chi connectivity index (χ0v) is 11.0. The normalized spacial score (nSPS) is 12.6. The number of hydrogen-bond donors (Lipinski definition) is 3. The third kappa shape index (κ3) is 4.49. The molecule has 4 nitrogen and oxygen atoms in total. The number of carbonyl (C=O) groups excluding carboxylic acids is 1. The van der Waals surface area contributed by atoms with Gasteiger partial charge in [-0.1, -0.05) is 27.7 Å². The van der Waals surface area contributed by atoms with Crippen LogP contribution in [-0.4, -0.2) is 29.7 Å². The van der Waals surface area contributed by atoms with E-state index in [0.29, 0.717) is 25.8 Å². The van der Waals surface area contributed by atoms with Crippen molar-refractivity contribution in [2.75, 3.05) is 13.2 Å². The zero-order chi connectivity index (χ0) is 12.8. The van der Waals surface area contributed by atoms with Crippen molar-refractivity contribution >= 4 is 5.91 Å². The highest BCUT2D eigenvalue weighted by atomic mass is 16.3. The lowest BCUT2D eigenvalue weighted by atomic mass is 9.88. The van der Waals surface area contributed by atoms with Crippen molar-refractivity contribution in [1.82, 2.24) is 5.32 Å². The molecule has 0 saturated carbocycles. The summed E-state index contributed by atoms with van der Waals surface area (Å²) in [5.74, 6) is -0.0940. The molecule has 0 radical (unpaired) electrons. The summed E-state index contributed by atoms with van der Waals surface area (Å²) in [5, 5.41) is 11.8. The molecule has 0 saturated heterocycles. The van der Waals surface area contributed by atoms with Crippen molar-refractivity contribution in [2.24, 2.45) is 11.1 Å². The smallest absolute Gasteiger partial charge is 0.240 e. The molecule has 0 spiro atoms. The van der Waals surface area contributed by atoms with Gasteiger partial charge in [-0.25, -0.2) is 0 Å². The number of nitrogens with two attached hydrogens (primary N) is 1. The first-order chi connectivity index (χ1) is 7.31. The molecule has 4 N–H and O–H groups in total. The Morgan fingerprint density at radius 2 is 1.81 bits per heavy atom. The van der Waals surface area contributed by atoms with E-state index >= 15 is 0 Å². The van der Waals surface area contributed by atoms with Gasteiger partial charge in [0.1, 0.15) is 0 Å². The van der Waals surface area contributed by atoms with E-state index in [-0.39, 0.29) is 17.9 Å². The summed E-state index contributed by atoms with van der Waals surface area (Å²) in [6.45, 7) is 8.55. The van der Waals surface area contributed by atoms with Gasteiger partial charge < -0.3 is 16.2 Å². The molecule has 0 aliphatic rings. The second-order valence-corrected chi connectivity index (χ2v) is 5.18. The van der Waals surface area contributed by atoms with E-state index in [0.717, 1.165) is 0 Å². The SMILES string of the molecule is CCC(N)(CC)C(=O)NCC(C)(C)CCO. The quantitative estimate of drug-likeness (QED) is 0.611. The van der Waals surface area contributed by atoms with E-state index in [4.69, 9.17) is 10.8 Å². The van der Waals surface area contributed by atoms with Crippen LogP contribution in [-0.2, 0) is 4.79 Å². The van der Waals surface area contributed by atoms with E-state index in [1.807, 2.05) is 27.7 Å². The van der Waals surface area contributed by atoms with Crippen LogP contribution in [0.1, 0.15) is 47.0 Å². The fourth-order valence-electron chi connectivity index (χ4n) is 1.46. The minimum atomic E-state index is -0.755. The summed E-state index contributed by atoms with van der Waals surface area (Å²) in [6, 6.07) is 0. The van der Waals surface area contributed by atoms with Crippen molar-refractivity contribution in [3.05, 3.63) is 0 Å². The van der Waals surface area contributed by atoms with Crippen LogP contribution >= 0.6 is 0 Å². The van der Waals surface area contributed by atoms with Crippen LogP contribution in [0.25, 0.3) is 0 Å². The average molecular weight is 230 g/mol. The van der Waals surface area contributed by atoms with Gasteiger partial charge in [0.2, 0.25) is 5.91 Å². The minimum Gasteiger partial charge on any atom is -0.396 e. The molecule has 0 aromatic heterocycles. The number of aliphatic hydroxyl groups excluding tert-OH is 1. The Hall–Kier alpha value is -0.610. The first-order valence-electron chi connectivity index (χ1n) is 5.99. The number of aliphatic hydroxyl groups is 1. The molecule has 0 rings (SSSR count). The zero-order valence-electron chi connectivity index (χ0n) is 11.0. The molecule has 0 aliphatic heterocycles. The predicted molar refractivity (Wildman–Crippen MR) is 66.0 cm³/mol. The molecule has 0 bridgehead atoms. The molecule has 0 aromatic rings. The highest BCUT2D eigenvalue weighted by Crippen LogP contribution is 2.19. The lowest BCUT2D eigenvalue weighted by Gasteiger charge is -2.29. The van der Waals surface area contributed by atoms with Crippen LogP contribution in [0.5, 0.6) is 0 Å². The molecule has 0 unspecified atom stereocenters. The summed E-state index contributed by atoms with van der Waals surface area (Å²) < 4.78 is 0. The second kappa shape index (κ2) is 6.21. The Morgan fingerprint density at radius 1 is 1.31 bits per heavy atom. The van der Waals surface area contributed by atoms with Crippen molar-refractivity contribution in [3.63, 3.8) is 0 Å². The van der Waals surface area contributed by atoms with Crippen molar-refractivity contribution in [3.8, 4) is 0 Å². The van der Waals surface area contributed by atoms with E-state index < -0.39 is 5.54 Å².